The van der Waals surface area contributed by atoms with Crippen molar-refractivity contribution in [3.63, 3.8) is 0 Å². The minimum atomic E-state index is -1.06. The number of nitrogens with one attached hydrogen (secondary N) is 2. The Balaban J connectivity index is 1.76. The Hall–Kier alpha value is -3.19. The molecular weight excluding hydrogens is 372 g/mol. The Morgan fingerprint density at radius 2 is 1.55 bits per heavy atom. The molecule has 152 valence electrons. The standard InChI is InChI=1S/C22H24N2O5/c25-19(17-9-5-2-6-10-17)24-18(16-7-3-1-4-8-16)20(26)23-15-22(21(27)28)11-13-29-14-12-22/h1-10,18H,11-15H2,(H,23,26)(H,24,25)(H,27,28). The summed E-state index contributed by atoms with van der Waals surface area (Å²) in [6, 6.07) is 16.6. The highest BCUT2D eigenvalue weighted by atomic mass is 16.5. The number of carboxylic acid groups (broad SMARTS) is 1. The Kier molecular flexibility index (Phi) is 6.61. The molecule has 0 radical (unpaired) electrons. The predicted molar refractivity (Wildman–Crippen MR) is 106 cm³/mol. The summed E-state index contributed by atoms with van der Waals surface area (Å²) in [5.74, 6) is -1.79. The van der Waals surface area contributed by atoms with Crippen LogP contribution in [-0.2, 0) is 14.3 Å². The molecule has 0 saturated carbocycles. The van der Waals surface area contributed by atoms with E-state index in [0.29, 0.717) is 37.2 Å². The fraction of sp³-hybridized carbons (Fsp3) is 0.318. The van der Waals surface area contributed by atoms with Crippen molar-refractivity contribution >= 4 is 17.8 Å². The topological polar surface area (TPSA) is 105 Å². The Bertz CT molecular complexity index is 848. The van der Waals surface area contributed by atoms with Gasteiger partial charge in [0.15, 0.2) is 0 Å². The van der Waals surface area contributed by atoms with Gasteiger partial charge in [0.1, 0.15) is 6.04 Å². The average molecular weight is 396 g/mol. The summed E-state index contributed by atoms with van der Waals surface area (Å²) in [7, 11) is 0. The van der Waals surface area contributed by atoms with Gasteiger partial charge in [-0.15, -0.1) is 0 Å². The van der Waals surface area contributed by atoms with Gasteiger partial charge in [-0.3, -0.25) is 14.4 Å². The van der Waals surface area contributed by atoms with Crippen LogP contribution in [0.4, 0.5) is 0 Å². The van der Waals surface area contributed by atoms with Crippen LogP contribution in [0.25, 0.3) is 0 Å². The molecule has 0 aromatic heterocycles. The monoisotopic (exact) mass is 396 g/mol. The quantitative estimate of drug-likeness (QED) is 0.665. The third kappa shape index (κ3) is 5.00. The lowest BCUT2D eigenvalue weighted by molar-refractivity contribution is -0.154. The lowest BCUT2D eigenvalue weighted by Gasteiger charge is -2.33. The van der Waals surface area contributed by atoms with Crippen LogP contribution < -0.4 is 10.6 Å². The van der Waals surface area contributed by atoms with Gasteiger partial charge in [-0.2, -0.15) is 0 Å². The molecular formula is C22H24N2O5. The van der Waals surface area contributed by atoms with Crippen molar-refractivity contribution in [2.45, 2.75) is 18.9 Å². The second-order valence-corrected chi connectivity index (χ2v) is 7.10. The summed E-state index contributed by atoms with van der Waals surface area (Å²) in [5, 5.41) is 15.2. The smallest absolute Gasteiger partial charge is 0.311 e. The molecule has 1 fully saturated rings. The Labute approximate surface area is 169 Å². The number of carbonyl (C=O) groups excluding carboxylic acids is 2. The molecule has 1 aliphatic rings. The zero-order valence-corrected chi connectivity index (χ0v) is 16.0. The van der Waals surface area contributed by atoms with Crippen LogP contribution in [-0.4, -0.2) is 42.6 Å². The lowest BCUT2D eigenvalue weighted by Crippen LogP contribution is -2.49. The maximum atomic E-state index is 13.0. The molecule has 1 heterocycles. The lowest BCUT2D eigenvalue weighted by atomic mass is 9.80. The van der Waals surface area contributed by atoms with E-state index in [1.54, 1.807) is 54.6 Å². The molecule has 0 bridgehead atoms. The van der Waals surface area contributed by atoms with Crippen LogP contribution in [0, 0.1) is 5.41 Å². The highest BCUT2D eigenvalue weighted by Crippen LogP contribution is 2.30. The molecule has 1 saturated heterocycles. The van der Waals surface area contributed by atoms with Gasteiger partial charge >= 0.3 is 5.97 Å². The number of aliphatic carboxylic acids is 1. The number of hydrogen-bond acceptors (Lipinski definition) is 4. The summed E-state index contributed by atoms with van der Waals surface area (Å²) in [6.45, 7) is 0.666. The molecule has 3 rings (SSSR count). The van der Waals surface area contributed by atoms with Gasteiger partial charge in [0.05, 0.1) is 5.41 Å². The van der Waals surface area contributed by atoms with Gasteiger partial charge in [-0.25, -0.2) is 0 Å². The summed E-state index contributed by atoms with van der Waals surface area (Å²) >= 11 is 0. The van der Waals surface area contributed by atoms with Gasteiger partial charge in [-0.05, 0) is 30.5 Å². The first-order valence-corrected chi connectivity index (χ1v) is 9.51. The summed E-state index contributed by atoms with van der Waals surface area (Å²) in [5.41, 5.74) is -0.00298. The maximum Gasteiger partial charge on any atom is 0.311 e. The molecule has 7 heteroatoms. The first-order valence-electron chi connectivity index (χ1n) is 9.51. The van der Waals surface area contributed by atoms with Crippen LogP contribution in [0.15, 0.2) is 60.7 Å². The first-order chi connectivity index (χ1) is 14.0. The number of benzene rings is 2. The number of ether oxygens (including phenoxy) is 1. The van der Waals surface area contributed by atoms with E-state index in [1.165, 1.54) is 0 Å². The van der Waals surface area contributed by atoms with E-state index in [-0.39, 0.29) is 12.5 Å². The average Bonchev–Trinajstić information content (AvgIpc) is 2.77. The van der Waals surface area contributed by atoms with Crippen molar-refractivity contribution in [3.8, 4) is 0 Å². The van der Waals surface area contributed by atoms with Crippen molar-refractivity contribution in [3.05, 3.63) is 71.8 Å². The summed E-state index contributed by atoms with van der Waals surface area (Å²) in [4.78, 5) is 37.4. The van der Waals surface area contributed by atoms with E-state index in [0.717, 1.165) is 0 Å². The first kappa shape index (κ1) is 20.5. The molecule has 1 aliphatic heterocycles. The van der Waals surface area contributed by atoms with E-state index in [4.69, 9.17) is 4.74 Å². The van der Waals surface area contributed by atoms with Crippen molar-refractivity contribution < 1.29 is 24.2 Å². The summed E-state index contributed by atoms with van der Waals surface area (Å²) in [6.07, 6.45) is 0.657. The highest BCUT2D eigenvalue weighted by Gasteiger charge is 2.41. The molecule has 1 atom stereocenters. The molecule has 0 spiro atoms. The SMILES string of the molecule is O=C(NC(C(=O)NCC1(C(=O)O)CCOCC1)c1ccccc1)c1ccccc1. The van der Waals surface area contributed by atoms with Crippen LogP contribution in [0.2, 0.25) is 0 Å². The van der Waals surface area contributed by atoms with Gasteiger partial charge in [-0.1, -0.05) is 48.5 Å². The second-order valence-electron chi connectivity index (χ2n) is 7.10. The Morgan fingerprint density at radius 1 is 0.966 bits per heavy atom. The highest BCUT2D eigenvalue weighted by molar-refractivity contribution is 5.97. The maximum absolute atomic E-state index is 13.0. The molecule has 2 aromatic carbocycles. The molecule has 2 aromatic rings. The van der Waals surface area contributed by atoms with Crippen LogP contribution >= 0.6 is 0 Å². The van der Waals surface area contributed by atoms with E-state index >= 15 is 0 Å². The van der Waals surface area contributed by atoms with Crippen molar-refractivity contribution in [1.29, 1.82) is 0 Å². The van der Waals surface area contributed by atoms with Gasteiger partial charge in [0.25, 0.3) is 5.91 Å². The van der Waals surface area contributed by atoms with E-state index < -0.39 is 23.3 Å². The third-order valence-corrected chi connectivity index (χ3v) is 5.21. The van der Waals surface area contributed by atoms with Crippen molar-refractivity contribution in [2.75, 3.05) is 19.8 Å². The zero-order valence-electron chi connectivity index (χ0n) is 16.0. The second kappa shape index (κ2) is 9.34. The van der Waals surface area contributed by atoms with Crippen LogP contribution in [0.1, 0.15) is 34.8 Å². The third-order valence-electron chi connectivity index (χ3n) is 5.21. The van der Waals surface area contributed by atoms with E-state index in [1.807, 2.05) is 6.07 Å². The number of rotatable bonds is 7. The van der Waals surface area contributed by atoms with Crippen LogP contribution in [0.5, 0.6) is 0 Å². The minimum Gasteiger partial charge on any atom is -0.481 e. The van der Waals surface area contributed by atoms with Gasteiger partial charge < -0.3 is 20.5 Å². The van der Waals surface area contributed by atoms with E-state index in [2.05, 4.69) is 10.6 Å². The van der Waals surface area contributed by atoms with Gasteiger partial charge in [0.2, 0.25) is 5.91 Å². The zero-order chi connectivity index (χ0) is 20.7. The normalized spacial score (nSPS) is 16.4. The van der Waals surface area contributed by atoms with Crippen molar-refractivity contribution in [2.24, 2.45) is 5.41 Å². The number of carbonyl (C=O) groups is 3. The number of carboxylic acids is 1. The van der Waals surface area contributed by atoms with Crippen LogP contribution in [0.3, 0.4) is 0 Å². The Morgan fingerprint density at radius 3 is 2.14 bits per heavy atom. The largest absolute Gasteiger partial charge is 0.481 e. The molecule has 1 unspecified atom stereocenters. The molecule has 2 amide bonds. The van der Waals surface area contributed by atoms with Crippen molar-refractivity contribution in [1.82, 2.24) is 10.6 Å². The van der Waals surface area contributed by atoms with Gasteiger partial charge in [0, 0.05) is 25.3 Å². The molecule has 3 N–H and O–H groups in total. The molecule has 29 heavy (non-hydrogen) atoms. The fourth-order valence-corrected chi connectivity index (χ4v) is 3.34. The van der Waals surface area contributed by atoms with E-state index in [9.17, 15) is 19.5 Å². The number of amides is 2. The minimum absolute atomic E-state index is 0.0188. The predicted octanol–water partition coefficient (Wildman–Crippen LogP) is 2.16. The molecule has 0 aliphatic carbocycles. The molecule has 7 nitrogen and oxygen atoms in total. The summed E-state index contributed by atoms with van der Waals surface area (Å²) < 4.78 is 5.27. The number of hydrogen-bond donors (Lipinski definition) is 3. The fourth-order valence-electron chi connectivity index (χ4n) is 3.34.